The first-order chi connectivity index (χ1) is 13.8. The molecule has 1 heterocycles. The van der Waals surface area contributed by atoms with Crippen molar-refractivity contribution in [3.8, 4) is 0 Å². The largest absolute Gasteiger partial charge is 0.360 e. The van der Waals surface area contributed by atoms with E-state index in [2.05, 4.69) is 20.9 Å². The molecule has 0 aliphatic rings. The van der Waals surface area contributed by atoms with Gasteiger partial charge in [0.15, 0.2) is 0 Å². The lowest BCUT2D eigenvalue weighted by Crippen LogP contribution is -2.52. The van der Waals surface area contributed by atoms with Gasteiger partial charge in [0.1, 0.15) is 17.5 Å². The topological polar surface area (TPSA) is 100 Å². The van der Waals surface area contributed by atoms with E-state index in [1.807, 2.05) is 51.1 Å². The molecular formula is C22H24N4O3. The number of amides is 1. The summed E-state index contributed by atoms with van der Waals surface area (Å²) in [5, 5.41) is 8.92. The Morgan fingerprint density at radius 1 is 1.00 bits per heavy atom. The smallest absolute Gasteiger partial charge is 0.253 e. The number of anilines is 3. The molecule has 0 aliphatic heterocycles. The van der Waals surface area contributed by atoms with Crippen molar-refractivity contribution in [2.75, 3.05) is 10.6 Å². The van der Waals surface area contributed by atoms with E-state index in [9.17, 15) is 14.4 Å². The third-order valence-electron chi connectivity index (χ3n) is 4.51. The molecule has 2 aromatic carbocycles. The summed E-state index contributed by atoms with van der Waals surface area (Å²) in [6.07, 6.45) is 2.85. The molecule has 29 heavy (non-hydrogen) atoms. The molecule has 0 aliphatic carbocycles. The molecule has 0 radical (unpaired) electrons. The van der Waals surface area contributed by atoms with Crippen molar-refractivity contribution in [1.82, 2.24) is 10.3 Å². The molecule has 1 unspecified atom stereocenters. The summed E-state index contributed by atoms with van der Waals surface area (Å²) in [6, 6.07) is 12.9. The van der Waals surface area contributed by atoms with Crippen molar-refractivity contribution >= 4 is 23.0 Å². The highest BCUT2D eigenvalue weighted by atomic mass is 16.2. The average molecular weight is 392 g/mol. The number of hydrogen-bond donors (Lipinski definition) is 3. The van der Waals surface area contributed by atoms with Gasteiger partial charge in [0.05, 0.1) is 18.3 Å². The molecule has 1 atom stereocenters. The number of nitrogens with zero attached hydrogens (tertiary/aromatic N) is 1. The van der Waals surface area contributed by atoms with Crippen LogP contribution in [0.2, 0.25) is 0 Å². The maximum Gasteiger partial charge on any atom is 0.253 e. The Hall–Kier alpha value is -3.48. The van der Waals surface area contributed by atoms with Gasteiger partial charge in [-0.25, -0.2) is 0 Å². The van der Waals surface area contributed by atoms with E-state index in [0.717, 1.165) is 5.56 Å². The zero-order valence-electron chi connectivity index (χ0n) is 16.7. The SMILES string of the molecule is CC(C)(C)C(NC(=O)Cc1ccccc1)Nc1c(Nc2cccnc2)c(=O)c1=O. The molecule has 3 rings (SSSR count). The van der Waals surface area contributed by atoms with E-state index < -0.39 is 22.4 Å². The van der Waals surface area contributed by atoms with E-state index in [1.54, 1.807) is 24.5 Å². The van der Waals surface area contributed by atoms with Crippen LogP contribution in [0.25, 0.3) is 0 Å². The summed E-state index contributed by atoms with van der Waals surface area (Å²) in [6.45, 7) is 5.81. The van der Waals surface area contributed by atoms with Gasteiger partial charge < -0.3 is 16.0 Å². The van der Waals surface area contributed by atoms with Crippen LogP contribution in [0.4, 0.5) is 17.1 Å². The molecule has 3 aromatic rings. The predicted molar refractivity (Wildman–Crippen MR) is 114 cm³/mol. The number of rotatable bonds is 7. The first-order valence-corrected chi connectivity index (χ1v) is 9.36. The first-order valence-electron chi connectivity index (χ1n) is 9.36. The summed E-state index contributed by atoms with van der Waals surface area (Å²) in [4.78, 5) is 40.7. The third-order valence-corrected chi connectivity index (χ3v) is 4.51. The molecule has 7 nitrogen and oxygen atoms in total. The Kier molecular flexibility index (Phi) is 5.77. The van der Waals surface area contributed by atoms with Crippen LogP contribution in [0.15, 0.2) is 64.4 Å². The Labute approximate surface area is 168 Å². The van der Waals surface area contributed by atoms with Crippen LogP contribution in [0, 0.1) is 5.41 Å². The molecule has 0 saturated heterocycles. The lowest BCUT2D eigenvalue weighted by molar-refractivity contribution is -0.121. The van der Waals surface area contributed by atoms with Crippen molar-refractivity contribution in [2.24, 2.45) is 5.41 Å². The van der Waals surface area contributed by atoms with Gasteiger partial charge in [-0.15, -0.1) is 0 Å². The van der Waals surface area contributed by atoms with Crippen molar-refractivity contribution in [3.05, 3.63) is 80.9 Å². The first kappa shape index (κ1) is 20.3. The van der Waals surface area contributed by atoms with Crippen LogP contribution >= 0.6 is 0 Å². The van der Waals surface area contributed by atoms with E-state index in [-0.39, 0.29) is 23.7 Å². The monoisotopic (exact) mass is 392 g/mol. The second-order valence-electron chi connectivity index (χ2n) is 7.95. The predicted octanol–water partition coefficient (Wildman–Crippen LogP) is 2.56. The highest BCUT2D eigenvalue weighted by Gasteiger charge is 2.31. The highest BCUT2D eigenvalue weighted by Crippen LogP contribution is 2.25. The lowest BCUT2D eigenvalue weighted by atomic mass is 9.91. The number of carbonyl (C=O) groups excluding carboxylic acids is 1. The fourth-order valence-electron chi connectivity index (χ4n) is 2.84. The van der Waals surface area contributed by atoms with Gasteiger partial charge in [0, 0.05) is 11.6 Å². The van der Waals surface area contributed by atoms with Gasteiger partial charge in [0.25, 0.3) is 10.9 Å². The molecule has 7 heteroatoms. The summed E-state index contributed by atoms with van der Waals surface area (Å²) in [5.41, 5.74) is 0.224. The number of hydrogen-bond acceptors (Lipinski definition) is 6. The zero-order chi connectivity index (χ0) is 21.0. The van der Waals surface area contributed by atoms with Crippen LogP contribution in [0.5, 0.6) is 0 Å². The van der Waals surface area contributed by atoms with E-state index in [0.29, 0.717) is 5.69 Å². The van der Waals surface area contributed by atoms with Crippen LogP contribution in [0.3, 0.4) is 0 Å². The minimum Gasteiger partial charge on any atom is -0.360 e. The maximum absolute atomic E-state index is 12.5. The Morgan fingerprint density at radius 3 is 2.31 bits per heavy atom. The standard InChI is InChI=1S/C22H24N4O3/c1-22(2,3)21(25-16(27)12-14-8-5-4-6-9-14)26-18-17(19(28)20(18)29)24-15-10-7-11-23-13-15/h4-11,13,21,24,26H,12H2,1-3H3,(H,25,27). The van der Waals surface area contributed by atoms with Crippen LogP contribution in [0.1, 0.15) is 26.3 Å². The van der Waals surface area contributed by atoms with Gasteiger partial charge in [-0.05, 0) is 17.7 Å². The van der Waals surface area contributed by atoms with E-state index >= 15 is 0 Å². The van der Waals surface area contributed by atoms with Gasteiger partial charge in [-0.1, -0.05) is 51.1 Å². The zero-order valence-corrected chi connectivity index (χ0v) is 16.7. The molecular weight excluding hydrogens is 368 g/mol. The molecule has 0 saturated carbocycles. The Morgan fingerprint density at radius 2 is 1.69 bits per heavy atom. The quantitative estimate of drug-likeness (QED) is 0.422. The average Bonchev–Trinajstić information content (AvgIpc) is 2.70. The number of benzene rings is 1. The number of aromatic nitrogens is 1. The van der Waals surface area contributed by atoms with E-state index in [1.165, 1.54) is 0 Å². The van der Waals surface area contributed by atoms with Gasteiger partial charge in [-0.2, -0.15) is 0 Å². The van der Waals surface area contributed by atoms with Crippen LogP contribution in [-0.2, 0) is 11.2 Å². The minimum atomic E-state index is -0.608. The molecule has 0 bridgehead atoms. The highest BCUT2D eigenvalue weighted by molar-refractivity contribution is 5.81. The van der Waals surface area contributed by atoms with Crippen molar-refractivity contribution in [1.29, 1.82) is 0 Å². The normalized spacial score (nSPS) is 12.4. The van der Waals surface area contributed by atoms with Gasteiger partial charge in [0.2, 0.25) is 5.91 Å². The Balaban J connectivity index is 1.76. The van der Waals surface area contributed by atoms with E-state index in [4.69, 9.17) is 0 Å². The number of pyridine rings is 1. The third kappa shape index (κ3) is 4.87. The van der Waals surface area contributed by atoms with Crippen LogP contribution < -0.4 is 26.8 Å². The maximum atomic E-state index is 12.5. The molecule has 1 amide bonds. The summed E-state index contributed by atoms with van der Waals surface area (Å²) < 4.78 is 0. The number of nitrogens with one attached hydrogen (secondary N) is 3. The van der Waals surface area contributed by atoms with Crippen LogP contribution in [-0.4, -0.2) is 17.1 Å². The van der Waals surface area contributed by atoms with Crippen molar-refractivity contribution < 1.29 is 4.79 Å². The second-order valence-corrected chi connectivity index (χ2v) is 7.95. The Bertz CT molecular complexity index is 1050. The fraction of sp³-hybridized carbons (Fsp3) is 0.273. The van der Waals surface area contributed by atoms with Crippen molar-refractivity contribution in [2.45, 2.75) is 33.4 Å². The molecule has 150 valence electrons. The summed E-state index contributed by atoms with van der Waals surface area (Å²) in [7, 11) is 0. The van der Waals surface area contributed by atoms with Gasteiger partial charge >= 0.3 is 0 Å². The molecule has 3 N–H and O–H groups in total. The fourth-order valence-corrected chi connectivity index (χ4v) is 2.84. The molecule has 0 fully saturated rings. The molecule has 1 aromatic heterocycles. The second kappa shape index (κ2) is 8.26. The summed E-state index contributed by atoms with van der Waals surface area (Å²) >= 11 is 0. The number of carbonyl (C=O) groups is 1. The minimum absolute atomic E-state index is 0.166. The van der Waals surface area contributed by atoms with Crippen molar-refractivity contribution in [3.63, 3.8) is 0 Å². The summed E-state index contributed by atoms with van der Waals surface area (Å²) in [5.74, 6) is -0.177. The lowest BCUT2D eigenvalue weighted by Gasteiger charge is -2.33. The van der Waals surface area contributed by atoms with Gasteiger partial charge in [-0.3, -0.25) is 19.4 Å². The molecule has 0 spiro atoms.